The fourth-order valence-corrected chi connectivity index (χ4v) is 5.42. The van der Waals surface area contributed by atoms with E-state index in [9.17, 15) is 9.59 Å². The van der Waals surface area contributed by atoms with Crippen molar-refractivity contribution >= 4 is 22.6 Å². The molecule has 3 aromatic heterocycles. The van der Waals surface area contributed by atoms with Crippen LogP contribution in [0.1, 0.15) is 65.5 Å². The molecule has 0 radical (unpaired) electrons. The second kappa shape index (κ2) is 9.88. The molecule has 5 rings (SSSR count). The first-order chi connectivity index (χ1) is 17.7. The number of aryl methyl sites for hydroxylation is 3. The van der Waals surface area contributed by atoms with Crippen molar-refractivity contribution in [1.82, 2.24) is 19.9 Å². The highest BCUT2D eigenvalue weighted by Gasteiger charge is 2.20. The van der Waals surface area contributed by atoms with Crippen molar-refractivity contribution in [2.24, 2.45) is 0 Å². The molecule has 0 unspecified atom stereocenters. The van der Waals surface area contributed by atoms with Crippen molar-refractivity contribution in [3.63, 3.8) is 0 Å². The number of rotatable bonds is 6. The third-order valence-electron chi connectivity index (χ3n) is 7.35. The molecule has 1 saturated heterocycles. The molecule has 37 heavy (non-hydrogen) atoms. The highest BCUT2D eigenvalue weighted by molar-refractivity contribution is 6.09. The Morgan fingerprint density at radius 1 is 1.05 bits per heavy atom. The number of anilines is 1. The number of pyridine rings is 2. The molecule has 1 fully saturated rings. The lowest BCUT2D eigenvalue weighted by Crippen LogP contribution is -2.28. The topological polar surface area (TPSA) is 83.0 Å². The van der Waals surface area contributed by atoms with Gasteiger partial charge >= 0.3 is 0 Å². The van der Waals surface area contributed by atoms with Crippen LogP contribution in [-0.4, -0.2) is 33.5 Å². The first-order valence-electron chi connectivity index (χ1n) is 13.1. The van der Waals surface area contributed by atoms with Gasteiger partial charge in [-0.15, -0.1) is 0 Å². The number of aromatic amines is 1. The van der Waals surface area contributed by atoms with E-state index < -0.39 is 0 Å². The van der Waals surface area contributed by atoms with Crippen LogP contribution in [0.3, 0.4) is 0 Å². The van der Waals surface area contributed by atoms with Gasteiger partial charge in [0.1, 0.15) is 5.82 Å². The number of H-pyrrole nitrogens is 1. The van der Waals surface area contributed by atoms with Crippen LogP contribution in [0, 0.1) is 20.8 Å². The van der Waals surface area contributed by atoms with Crippen LogP contribution >= 0.6 is 0 Å². The monoisotopic (exact) mass is 497 g/mol. The van der Waals surface area contributed by atoms with Gasteiger partial charge in [-0.25, -0.2) is 4.98 Å². The van der Waals surface area contributed by atoms with Crippen molar-refractivity contribution in [2.45, 2.75) is 60.0 Å². The van der Waals surface area contributed by atoms with Gasteiger partial charge in [0, 0.05) is 71.4 Å². The molecule has 7 nitrogen and oxygen atoms in total. The number of aromatic nitrogens is 3. The van der Waals surface area contributed by atoms with Gasteiger partial charge in [0.05, 0.1) is 0 Å². The predicted molar refractivity (Wildman–Crippen MR) is 149 cm³/mol. The molecule has 0 atom stereocenters. The third kappa shape index (κ3) is 4.78. The first kappa shape index (κ1) is 24.8. The fourth-order valence-electron chi connectivity index (χ4n) is 5.42. The van der Waals surface area contributed by atoms with Crippen LogP contribution in [0.25, 0.3) is 22.0 Å². The summed E-state index contributed by atoms with van der Waals surface area (Å²) >= 11 is 0. The van der Waals surface area contributed by atoms with E-state index >= 15 is 0 Å². The van der Waals surface area contributed by atoms with Gasteiger partial charge in [-0.1, -0.05) is 0 Å². The zero-order valence-electron chi connectivity index (χ0n) is 22.3. The van der Waals surface area contributed by atoms with E-state index in [0.717, 1.165) is 57.8 Å². The highest BCUT2D eigenvalue weighted by atomic mass is 16.1. The molecule has 1 aliphatic rings. The molecule has 0 spiro atoms. The minimum atomic E-state index is -0.197. The Bertz CT molecular complexity index is 1520. The van der Waals surface area contributed by atoms with E-state index in [0.29, 0.717) is 11.1 Å². The van der Waals surface area contributed by atoms with E-state index in [2.05, 4.69) is 58.0 Å². The summed E-state index contributed by atoms with van der Waals surface area (Å²) in [6.45, 7) is 12.3. The molecular weight excluding hydrogens is 462 g/mol. The van der Waals surface area contributed by atoms with Crippen molar-refractivity contribution in [2.75, 3.05) is 18.0 Å². The van der Waals surface area contributed by atoms with Gasteiger partial charge in [-0.3, -0.25) is 9.59 Å². The largest absolute Gasteiger partial charge is 0.357 e. The summed E-state index contributed by atoms with van der Waals surface area (Å²) in [5, 5.41) is 3.94. The number of nitrogens with one attached hydrogen (secondary N) is 2. The summed E-state index contributed by atoms with van der Waals surface area (Å²) in [7, 11) is 0. The second-order valence-electron chi connectivity index (χ2n) is 10.5. The molecule has 1 amide bonds. The van der Waals surface area contributed by atoms with Gasteiger partial charge in [0.2, 0.25) is 0 Å². The van der Waals surface area contributed by atoms with Crippen molar-refractivity contribution in [3.8, 4) is 11.1 Å². The first-order valence-corrected chi connectivity index (χ1v) is 13.1. The van der Waals surface area contributed by atoms with Crippen LogP contribution in [-0.2, 0) is 6.54 Å². The lowest BCUT2D eigenvalue weighted by atomic mass is 9.98. The molecular formula is C30H35N5O2. The fraction of sp³-hybridized carbons (Fsp3) is 0.367. The number of benzene rings is 1. The molecule has 7 heteroatoms. The maximum absolute atomic E-state index is 13.6. The number of carbonyl (C=O) groups is 1. The van der Waals surface area contributed by atoms with E-state index in [1.807, 2.05) is 39.1 Å². The zero-order chi connectivity index (χ0) is 26.3. The lowest BCUT2D eigenvalue weighted by Gasteiger charge is -2.17. The molecule has 4 aromatic rings. The highest BCUT2D eigenvalue weighted by Crippen LogP contribution is 2.33. The van der Waals surface area contributed by atoms with Crippen LogP contribution in [0.15, 0.2) is 47.5 Å². The van der Waals surface area contributed by atoms with E-state index in [1.54, 1.807) is 0 Å². The number of amides is 1. The quantitative estimate of drug-likeness (QED) is 0.372. The van der Waals surface area contributed by atoms with Crippen molar-refractivity contribution in [1.29, 1.82) is 0 Å². The van der Waals surface area contributed by atoms with Gasteiger partial charge < -0.3 is 19.8 Å². The second-order valence-corrected chi connectivity index (χ2v) is 10.5. The summed E-state index contributed by atoms with van der Waals surface area (Å²) in [4.78, 5) is 36.0. The SMILES string of the molecule is Cc1cc(C)c(CNC(=O)c2cc(-c3ccc(N4CCCC4)nc3)cc3c2c(C)cn3C(C)C)c(=O)[nH]1. The lowest BCUT2D eigenvalue weighted by molar-refractivity contribution is 0.0952. The smallest absolute Gasteiger partial charge is 0.253 e. The molecule has 1 aliphatic heterocycles. The Hall–Kier alpha value is -3.87. The molecule has 0 aliphatic carbocycles. The minimum Gasteiger partial charge on any atom is -0.357 e. The van der Waals surface area contributed by atoms with Crippen molar-refractivity contribution in [3.05, 3.63) is 81.0 Å². The van der Waals surface area contributed by atoms with Crippen LogP contribution < -0.4 is 15.8 Å². The van der Waals surface area contributed by atoms with Crippen LogP contribution in [0.5, 0.6) is 0 Å². The summed E-state index contributed by atoms with van der Waals surface area (Å²) < 4.78 is 2.21. The Kier molecular flexibility index (Phi) is 6.63. The third-order valence-corrected chi connectivity index (χ3v) is 7.35. The molecule has 1 aromatic carbocycles. The van der Waals surface area contributed by atoms with Gasteiger partial charge in [-0.05, 0) is 94.5 Å². The Morgan fingerprint density at radius 3 is 2.46 bits per heavy atom. The standard InChI is InChI=1S/C30H35N5O2/c1-18(2)35-17-20(4)28-24(29(36)32-16-25-19(3)12-21(5)33-30(25)37)13-23(14-26(28)35)22-8-9-27(31-15-22)34-10-6-7-11-34/h8-9,12-15,17-18H,6-7,10-11,16H2,1-5H3,(H,32,36)(H,33,37). The van der Waals surface area contributed by atoms with Gasteiger partial charge in [-0.2, -0.15) is 0 Å². The minimum absolute atomic E-state index is 0.164. The molecule has 192 valence electrons. The Labute approximate surface area is 217 Å². The number of hydrogen-bond donors (Lipinski definition) is 2. The number of nitrogens with zero attached hydrogens (tertiary/aromatic N) is 3. The van der Waals surface area contributed by atoms with E-state index in [-0.39, 0.29) is 24.1 Å². The zero-order valence-corrected chi connectivity index (χ0v) is 22.3. The number of fused-ring (bicyclic) bond motifs is 1. The van der Waals surface area contributed by atoms with Crippen LogP contribution in [0.2, 0.25) is 0 Å². The molecule has 2 N–H and O–H groups in total. The Morgan fingerprint density at radius 2 is 1.81 bits per heavy atom. The number of hydrogen-bond acceptors (Lipinski definition) is 4. The summed E-state index contributed by atoms with van der Waals surface area (Å²) in [5.41, 5.74) is 6.67. The van der Waals surface area contributed by atoms with Crippen LogP contribution in [0.4, 0.5) is 5.82 Å². The average molecular weight is 498 g/mol. The van der Waals surface area contributed by atoms with Gasteiger partial charge in [0.15, 0.2) is 0 Å². The van der Waals surface area contributed by atoms with E-state index in [4.69, 9.17) is 4.98 Å². The van der Waals surface area contributed by atoms with E-state index in [1.165, 1.54) is 12.8 Å². The molecule has 4 heterocycles. The van der Waals surface area contributed by atoms with Gasteiger partial charge in [0.25, 0.3) is 11.5 Å². The summed E-state index contributed by atoms with van der Waals surface area (Å²) in [5.74, 6) is 0.804. The molecule has 0 bridgehead atoms. The summed E-state index contributed by atoms with van der Waals surface area (Å²) in [6, 6.07) is 10.4. The van der Waals surface area contributed by atoms with Crippen molar-refractivity contribution < 1.29 is 4.79 Å². The number of carbonyl (C=O) groups excluding carboxylic acids is 1. The maximum atomic E-state index is 13.6. The predicted octanol–water partition coefficient (Wildman–Crippen LogP) is 5.43. The average Bonchev–Trinajstić information content (AvgIpc) is 3.51. The molecule has 0 saturated carbocycles. The Balaban J connectivity index is 1.54. The maximum Gasteiger partial charge on any atom is 0.253 e. The summed E-state index contributed by atoms with van der Waals surface area (Å²) in [6.07, 6.45) is 6.43. The normalized spacial score (nSPS) is 13.6.